The van der Waals surface area contributed by atoms with Gasteiger partial charge in [0, 0.05) is 24.8 Å². The van der Waals surface area contributed by atoms with E-state index in [9.17, 15) is 4.79 Å². The van der Waals surface area contributed by atoms with Gasteiger partial charge in [0.25, 0.3) is 0 Å². The van der Waals surface area contributed by atoms with E-state index in [1.54, 1.807) is 4.57 Å². The summed E-state index contributed by atoms with van der Waals surface area (Å²) in [4.78, 5) is 16.6. The third-order valence-electron chi connectivity index (χ3n) is 5.21. The first-order valence-electron chi connectivity index (χ1n) is 9.91. The lowest BCUT2D eigenvalue weighted by Gasteiger charge is -2.24. The summed E-state index contributed by atoms with van der Waals surface area (Å²) in [6, 6.07) is 8.24. The molecule has 0 aliphatic carbocycles. The second-order valence-corrected chi connectivity index (χ2v) is 7.21. The molecule has 1 aromatic heterocycles. The Balaban J connectivity index is 1.54. The van der Waals surface area contributed by atoms with Gasteiger partial charge in [-0.25, -0.2) is 4.79 Å². The van der Waals surface area contributed by atoms with Crippen LogP contribution in [0, 0.1) is 0 Å². The molecule has 1 fully saturated rings. The molecule has 2 aliphatic rings. The second kappa shape index (κ2) is 8.86. The maximum atomic E-state index is 12.5. The molecule has 0 spiro atoms. The van der Waals surface area contributed by atoms with Crippen molar-refractivity contribution in [2.75, 3.05) is 33.0 Å². The van der Waals surface area contributed by atoms with E-state index in [1.807, 2.05) is 6.07 Å². The fraction of sp³-hybridized carbons (Fsp3) is 0.524. The van der Waals surface area contributed by atoms with Crippen LogP contribution >= 0.6 is 0 Å². The van der Waals surface area contributed by atoms with Gasteiger partial charge < -0.3 is 19.3 Å². The average Bonchev–Trinajstić information content (AvgIpc) is 2.73. The minimum atomic E-state index is -0.286. The van der Waals surface area contributed by atoms with Crippen LogP contribution in [0.4, 0.5) is 0 Å². The number of benzene rings is 1. The molecule has 1 aromatic carbocycles. The van der Waals surface area contributed by atoms with Crippen molar-refractivity contribution in [1.29, 1.82) is 0 Å². The van der Waals surface area contributed by atoms with Crippen molar-refractivity contribution in [3.63, 3.8) is 0 Å². The van der Waals surface area contributed by atoms with Crippen molar-refractivity contribution in [3.8, 4) is 17.1 Å². The topological polar surface area (TPSA) is 82.8 Å². The maximum absolute atomic E-state index is 12.5. The molecule has 1 atom stereocenters. The van der Waals surface area contributed by atoms with Crippen LogP contribution in [0.1, 0.15) is 24.0 Å². The van der Waals surface area contributed by atoms with Crippen molar-refractivity contribution in [2.45, 2.75) is 38.3 Å². The normalized spacial score (nSPS) is 18.4. The Labute approximate surface area is 163 Å². The van der Waals surface area contributed by atoms with Crippen LogP contribution in [0.3, 0.4) is 0 Å². The minimum absolute atomic E-state index is 0.136. The van der Waals surface area contributed by atoms with E-state index in [2.05, 4.69) is 23.2 Å². The summed E-state index contributed by atoms with van der Waals surface area (Å²) in [6.07, 6.45) is 3.42. The number of hydrogen-bond acceptors (Lipinski definition) is 6. The first-order valence-corrected chi connectivity index (χ1v) is 9.91. The van der Waals surface area contributed by atoms with Crippen molar-refractivity contribution < 1.29 is 19.3 Å². The van der Waals surface area contributed by atoms with Crippen LogP contribution in [-0.2, 0) is 28.9 Å². The largest absolute Gasteiger partial charge is 0.475 e. The number of ether oxygens (including phenoxy) is 3. The summed E-state index contributed by atoms with van der Waals surface area (Å²) in [5.74, 6) is 0.324. The van der Waals surface area contributed by atoms with Crippen molar-refractivity contribution in [2.24, 2.45) is 0 Å². The number of rotatable bonds is 7. The molecule has 150 valence electrons. The summed E-state index contributed by atoms with van der Waals surface area (Å²) in [7, 11) is 0. The van der Waals surface area contributed by atoms with Crippen LogP contribution in [0.2, 0.25) is 0 Å². The molecule has 4 rings (SSSR count). The van der Waals surface area contributed by atoms with Gasteiger partial charge in [-0.05, 0) is 36.8 Å². The van der Waals surface area contributed by atoms with Crippen LogP contribution in [0.5, 0.6) is 5.88 Å². The molecule has 3 heterocycles. The van der Waals surface area contributed by atoms with Gasteiger partial charge in [0.15, 0.2) is 0 Å². The van der Waals surface area contributed by atoms with Gasteiger partial charge in [0.05, 0.1) is 25.5 Å². The molecule has 2 aromatic rings. The lowest BCUT2D eigenvalue weighted by molar-refractivity contribution is -0.102. The molecule has 1 N–H and O–H groups in total. The predicted octanol–water partition coefficient (Wildman–Crippen LogP) is 1.58. The fourth-order valence-corrected chi connectivity index (χ4v) is 3.74. The molecule has 2 aliphatic heterocycles. The van der Waals surface area contributed by atoms with Gasteiger partial charge in [0.2, 0.25) is 5.88 Å². The van der Waals surface area contributed by atoms with Gasteiger partial charge in [-0.1, -0.05) is 18.2 Å². The number of aryl methyl sites for hydroxylation is 2. The molecular weight excluding hydrogens is 360 g/mol. The zero-order valence-electron chi connectivity index (χ0n) is 15.9. The Morgan fingerprint density at radius 1 is 1.25 bits per heavy atom. The molecule has 7 heteroatoms. The van der Waals surface area contributed by atoms with E-state index in [-0.39, 0.29) is 18.4 Å². The number of aromatic nitrogens is 2. The fourth-order valence-electron chi connectivity index (χ4n) is 3.74. The first-order chi connectivity index (χ1) is 13.7. The van der Waals surface area contributed by atoms with Gasteiger partial charge in [-0.3, -0.25) is 4.57 Å². The molecule has 1 unspecified atom stereocenters. The van der Waals surface area contributed by atoms with E-state index in [0.717, 1.165) is 36.9 Å². The second-order valence-electron chi connectivity index (χ2n) is 7.21. The number of aliphatic hydroxyl groups excluding tert-OH is 1. The first kappa shape index (κ1) is 19.1. The SMILES string of the molecule is O=c1nc(OCC2COCCO2)cc2n1CCc1cc(CCCCO)ccc1-2. The van der Waals surface area contributed by atoms with Crippen LogP contribution in [0.15, 0.2) is 29.1 Å². The zero-order chi connectivity index (χ0) is 19.3. The van der Waals surface area contributed by atoms with Crippen LogP contribution in [-0.4, -0.2) is 53.8 Å². The number of hydrogen-bond donors (Lipinski definition) is 1. The lowest BCUT2D eigenvalue weighted by atomic mass is 9.94. The predicted molar refractivity (Wildman–Crippen MR) is 104 cm³/mol. The molecule has 0 amide bonds. The highest BCUT2D eigenvalue weighted by Crippen LogP contribution is 2.30. The monoisotopic (exact) mass is 386 g/mol. The van der Waals surface area contributed by atoms with Crippen molar-refractivity contribution in [1.82, 2.24) is 9.55 Å². The number of nitrogens with zero attached hydrogens (tertiary/aromatic N) is 2. The van der Waals surface area contributed by atoms with Gasteiger partial charge >= 0.3 is 5.69 Å². The van der Waals surface area contributed by atoms with Gasteiger partial charge in [-0.2, -0.15) is 4.98 Å². The summed E-state index contributed by atoms with van der Waals surface area (Å²) in [5, 5.41) is 8.96. The van der Waals surface area contributed by atoms with Gasteiger partial charge in [0.1, 0.15) is 12.7 Å². The molecule has 0 radical (unpaired) electrons. The summed E-state index contributed by atoms with van der Waals surface area (Å²) < 4.78 is 18.4. The highest BCUT2D eigenvalue weighted by molar-refractivity contribution is 5.67. The average molecular weight is 386 g/mol. The molecule has 7 nitrogen and oxygen atoms in total. The Hall–Kier alpha value is -2.22. The minimum Gasteiger partial charge on any atom is -0.475 e. The third kappa shape index (κ3) is 4.27. The van der Waals surface area contributed by atoms with E-state index in [4.69, 9.17) is 19.3 Å². The zero-order valence-corrected chi connectivity index (χ0v) is 15.9. The number of aliphatic hydroxyl groups is 1. The molecule has 0 saturated carbocycles. The lowest BCUT2D eigenvalue weighted by Crippen LogP contribution is -2.34. The Bertz CT molecular complexity index is 874. The standard InChI is InChI=1S/C21H26N2O5/c24-8-2-1-3-15-4-5-18-16(11-15)6-7-23-19(18)12-20(22-21(23)25)28-14-17-13-26-9-10-27-17/h4-5,11-12,17,24H,1-3,6-10,13-14H2. The summed E-state index contributed by atoms with van der Waals surface area (Å²) in [6.45, 7) is 2.82. The molecule has 0 bridgehead atoms. The van der Waals surface area contributed by atoms with Crippen molar-refractivity contribution in [3.05, 3.63) is 45.9 Å². The molecule has 1 saturated heterocycles. The van der Waals surface area contributed by atoms with E-state index < -0.39 is 0 Å². The molecular formula is C21H26N2O5. The number of unbranched alkanes of at least 4 members (excludes halogenated alkanes) is 1. The highest BCUT2D eigenvalue weighted by atomic mass is 16.6. The van der Waals surface area contributed by atoms with Gasteiger partial charge in [-0.15, -0.1) is 0 Å². The quantitative estimate of drug-likeness (QED) is 0.728. The van der Waals surface area contributed by atoms with E-state index in [1.165, 1.54) is 11.1 Å². The van der Waals surface area contributed by atoms with Crippen molar-refractivity contribution >= 4 is 0 Å². The van der Waals surface area contributed by atoms with Crippen LogP contribution < -0.4 is 10.4 Å². The summed E-state index contributed by atoms with van der Waals surface area (Å²) >= 11 is 0. The molecule has 28 heavy (non-hydrogen) atoms. The third-order valence-corrected chi connectivity index (χ3v) is 5.21. The number of fused-ring (bicyclic) bond motifs is 3. The van der Waals surface area contributed by atoms with E-state index >= 15 is 0 Å². The maximum Gasteiger partial charge on any atom is 0.351 e. The Morgan fingerprint density at radius 2 is 2.18 bits per heavy atom. The smallest absolute Gasteiger partial charge is 0.351 e. The highest BCUT2D eigenvalue weighted by Gasteiger charge is 2.21. The van der Waals surface area contributed by atoms with Crippen LogP contribution in [0.25, 0.3) is 11.3 Å². The Kier molecular flexibility index (Phi) is 6.04. The van der Waals surface area contributed by atoms with E-state index in [0.29, 0.717) is 38.9 Å². The Morgan fingerprint density at radius 3 is 3.00 bits per heavy atom. The summed E-state index contributed by atoms with van der Waals surface area (Å²) in [5.41, 5.74) is 4.12.